The van der Waals surface area contributed by atoms with Gasteiger partial charge in [-0.15, -0.1) is 11.3 Å². The molecule has 1 N–H and O–H groups in total. The van der Waals surface area contributed by atoms with Crippen LogP contribution in [0.5, 0.6) is 0 Å². The number of aromatic nitrogens is 1. The lowest BCUT2D eigenvalue weighted by Crippen LogP contribution is -2.46. The van der Waals surface area contributed by atoms with E-state index < -0.39 is 0 Å². The number of nitrogens with zero attached hydrogens (tertiary/aromatic N) is 2. The second-order valence-corrected chi connectivity index (χ2v) is 6.73. The highest BCUT2D eigenvalue weighted by molar-refractivity contribution is 7.17. The molecule has 20 heavy (non-hydrogen) atoms. The summed E-state index contributed by atoms with van der Waals surface area (Å²) in [5.41, 5.74) is 1.10. The number of amides is 1. The van der Waals surface area contributed by atoms with Crippen molar-refractivity contribution in [2.45, 2.75) is 18.9 Å². The van der Waals surface area contributed by atoms with Crippen LogP contribution in [0.15, 0.2) is 23.0 Å². The molecule has 4 nitrogen and oxygen atoms in total. The van der Waals surface area contributed by atoms with E-state index in [0.29, 0.717) is 6.04 Å². The summed E-state index contributed by atoms with van der Waals surface area (Å²) in [7, 11) is 1.96. The Morgan fingerprint density at radius 1 is 1.55 bits per heavy atom. The number of thiazole rings is 1. The standard InChI is InChI=1S/C14H17N3OS2/c1-15-11-3-2-5-17(8-11)14(18)12-7-16-13(20-12)10-4-6-19-9-10/h4,6-7,9,11,15H,2-3,5,8H2,1H3. The Bertz CT molecular complexity index is 579. The summed E-state index contributed by atoms with van der Waals surface area (Å²) < 4.78 is 0. The number of thiophene rings is 1. The zero-order valence-electron chi connectivity index (χ0n) is 11.3. The SMILES string of the molecule is CNC1CCCN(C(=O)c2cnc(-c3ccsc3)s2)C1. The first kappa shape index (κ1) is 13.7. The monoisotopic (exact) mass is 307 g/mol. The third kappa shape index (κ3) is 2.77. The third-order valence-electron chi connectivity index (χ3n) is 3.60. The molecule has 0 spiro atoms. The number of rotatable bonds is 3. The van der Waals surface area contributed by atoms with Gasteiger partial charge in [0.15, 0.2) is 0 Å². The molecular weight excluding hydrogens is 290 g/mol. The van der Waals surface area contributed by atoms with Gasteiger partial charge in [-0.3, -0.25) is 4.79 Å². The van der Waals surface area contributed by atoms with E-state index in [1.165, 1.54) is 11.3 Å². The molecule has 0 aromatic carbocycles. The van der Waals surface area contributed by atoms with Crippen LogP contribution in [0.1, 0.15) is 22.5 Å². The van der Waals surface area contributed by atoms with Crippen molar-refractivity contribution < 1.29 is 4.79 Å². The van der Waals surface area contributed by atoms with Gasteiger partial charge in [-0.1, -0.05) is 0 Å². The molecule has 0 bridgehead atoms. The third-order valence-corrected chi connectivity index (χ3v) is 5.32. The molecule has 0 radical (unpaired) electrons. The van der Waals surface area contributed by atoms with E-state index in [-0.39, 0.29) is 5.91 Å². The highest BCUT2D eigenvalue weighted by Gasteiger charge is 2.25. The average Bonchev–Trinajstić information content (AvgIpc) is 3.17. The van der Waals surface area contributed by atoms with E-state index in [9.17, 15) is 4.79 Å². The van der Waals surface area contributed by atoms with E-state index >= 15 is 0 Å². The highest BCUT2D eigenvalue weighted by atomic mass is 32.1. The second-order valence-electron chi connectivity index (χ2n) is 4.92. The summed E-state index contributed by atoms with van der Waals surface area (Å²) in [5, 5.41) is 8.28. The number of hydrogen-bond donors (Lipinski definition) is 1. The molecule has 2 aromatic rings. The van der Waals surface area contributed by atoms with E-state index in [1.807, 2.05) is 23.4 Å². The van der Waals surface area contributed by atoms with Crippen molar-refractivity contribution in [1.29, 1.82) is 0 Å². The number of likely N-dealkylation sites (N-methyl/N-ethyl adjacent to an activating group) is 1. The Labute approximate surface area is 126 Å². The molecule has 1 fully saturated rings. The minimum absolute atomic E-state index is 0.115. The first-order valence-electron chi connectivity index (χ1n) is 6.73. The zero-order valence-corrected chi connectivity index (χ0v) is 13.0. The largest absolute Gasteiger partial charge is 0.336 e. The summed E-state index contributed by atoms with van der Waals surface area (Å²) in [6, 6.07) is 2.45. The maximum atomic E-state index is 12.5. The Kier molecular flexibility index (Phi) is 4.14. The van der Waals surface area contributed by atoms with Crippen LogP contribution in [0.3, 0.4) is 0 Å². The van der Waals surface area contributed by atoms with Crippen LogP contribution in [0, 0.1) is 0 Å². The summed E-state index contributed by atoms with van der Waals surface area (Å²) in [4.78, 5) is 19.6. The molecule has 1 aliphatic rings. The summed E-state index contributed by atoms with van der Waals surface area (Å²) >= 11 is 3.13. The van der Waals surface area contributed by atoms with Crippen molar-refractivity contribution in [3.63, 3.8) is 0 Å². The number of hydrogen-bond acceptors (Lipinski definition) is 5. The Hall–Kier alpha value is -1.24. The second kappa shape index (κ2) is 6.03. The van der Waals surface area contributed by atoms with Crippen molar-refractivity contribution in [3.8, 4) is 10.6 Å². The quantitative estimate of drug-likeness (QED) is 0.948. The van der Waals surface area contributed by atoms with Gasteiger partial charge in [-0.05, 0) is 31.3 Å². The number of carbonyl (C=O) groups is 1. The minimum Gasteiger partial charge on any atom is -0.336 e. The number of likely N-dealkylation sites (tertiary alicyclic amines) is 1. The molecule has 1 saturated heterocycles. The first-order valence-corrected chi connectivity index (χ1v) is 8.49. The summed E-state index contributed by atoms with van der Waals surface area (Å²) in [5.74, 6) is 0.115. The lowest BCUT2D eigenvalue weighted by molar-refractivity contribution is 0.0703. The molecule has 0 aliphatic carbocycles. The molecule has 106 valence electrons. The predicted molar refractivity (Wildman–Crippen MR) is 83.4 cm³/mol. The van der Waals surface area contributed by atoms with Gasteiger partial charge in [0.05, 0.1) is 6.20 Å². The Morgan fingerprint density at radius 3 is 3.20 bits per heavy atom. The fraction of sp³-hybridized carbons (Fsp3) is 0.429. The maximum absolute atomic E-state index is 12.5. The number of carbonyl (C=O) groups excluding carboxylic acids is 1. The van der Waals surface area contributed by atoms with Crippen LogP contribution in [0.25, 0.3) is 10.6 Å². The Balaban J connectivity index is 1.74. The van der Waals surface area contributed by atoms with Gasteiger partial charge in [0.25, 0.3) is 5.91 Å². The Morgan fingerprint density at radius 2 is 2.45 bits per heavy atom. The van der Waals surface area contributed by atoms with Crippen molar-refractivity contribution >= 4 is 28.6 Å². The van der Waals surface area contributed by atoms with Crippen molar-refractivity contribution in [1.82, 2.24) is 15.2 Å². The van der Waals surface area contributed by atoms with Crippen molar-refractivity contribution in [2.24, 2.45) is 0 Å². The lowest BCUT2D eigenvalue weighted by atomic mass is 10.1. The van der Waals surface area contributed by atoms with Gasteiger partial charge in [-0.25, -0.2) is 4.98 Å². The maximum Gasteiger partial charge on any atom is 0.265 e. The minimum atomic E-state index is 0.115. The molecule has 3 rings (SSSR count). The van der Waals surface area contributed by atoms with Crippen LogP contribution >= 0.6 is 22.7 Å². The first-order chi connectivity index (χ1) is 9.78. The molecule has 2 aromatic heterocycles. The smallest absolute Gasteiger partial charge is 0.265 e. The van der Waals surface area contributed by atoms with E-state index in [0.717, 1.165) is 41.4 Å². The molecule has 1 amide bonds. The fourth-order valence-corrected chi connectivity index (χ4v) is 4.04. The fourth-order valence-electron chi connectivity index (χ4n) is 2.45. The van der Waals surface area contributed by atoms with Gasteiger partial charge < -0.3 is 10.2 Å². The summed E-state index contributed by atoms with van der Waals surface area (Å²) in [6.45, 7) is 1.64. The van der Waals surface area contributed by atoms with Crippen molar-refractivity contribution in [2.75, 3.05) is 20.1 Å². The zero-order chi connectivity index (χ0) is 13.9. The van der Waals surface area contributed by atoms with E-state index in [4.69, 9.17) is 0 Å². The lowest BCUT2D eigenvalue weighted by Gasteiger charge is -2.32. The molecule has 3 heterocycles. The normalized spacial score (nSPS) is 19.2. The number of piperidine rings is 1. The molecule has 1 aliphatic heterocycles. The van der Waals surface area contributed by atoms with Gasteiger partial charge in [0, 0.05) is 30.1 Å². The van der Waals surface area contributed by atoms with Crippen LogP contribution in [0.4, 0.5) is 0 Å². The van der Waals surface area contributed by atoms with Crippen molar-refractivity contribution in [3.05, 3.63) is 27.9 Å². The van der Waals surface area contributed by atoms with Crippen LogP contribution in [-0.2, 0) is 0 Å². The average molecular weight is 307 g/mol. The number of nitrogens with one attached hydrogen (secondary N) is 1. The molecular formula is C14H17N3OS2. The molecule has 0 saturated carbocycles. The highest BCUT2D eigenvalue weighted by Crippen LogP contribution is 2.28. The van der Waals surface area contributed by atoms with E-state index in [1.54, 1.807) is 17.5 Å². The molecule has 1 atom stereocenters. The van der Waals surface area contributed by atoms with Crippen LogP contribution < -0.4 is 5.32 Å². The molecule has 1 unspecified atom stereocenters. The molecule has 6 heteroatoms. The van der Waals surface area contributed by atoms with E-state index in [2.05, 4.69) is 15.7 Å². The van der Waals surface area contributed by atoms with Gasteiger partial charge in [0.1, 0.15) is 9.88 Å². The van der Waals surface area contributed by atoms with Gasteiger partial charge in [-0.2, -0.15) is 11.3 Å². The predicted octanol–water partition coefficient (Wildman–Crippen LogP) is 2.70. The van der Waals surface area contributed by atoms with Gasteiger partial charge in [0.2, 0.25) is 0 Å². The topological polar surface area (TPSA) is 45.2 Å². The van der Waals surface area contributed by atoms with Gasteiger partial charge >= 0.3 is 0 Å². The van der Waals surface area contributed by atoms with Crippen LogP contribution in [-0.4, -0.2) is 42.0 Å². The van der Waals surface area contributed by atoms with Crippen LogP contribution in [0.2, 0.25) is 0 Å². The summed E-state index contributed by atoms with van der Waals surface area (Å²) in [6.07, 6.45) is 3.92.